The van der Waals surface area contributed by atoms with Crippen molar-refractivity contribution in [3.8, 4) is 6.07 Å². The SMILES string of the molecule is CC(CO)N(C)S(=O)(=O)c1ccccc1C#N. The van der Waals surface area contributed by atoms with Crippen LogP contribution in [0.25, 0.3) is 0 Å². The van der Waals surface area contributed by atoms with E-state index in [1.807, 2.05) is 6.07 Å². The smallest absolute Gasteiger partial charge is 0.244 e. The summed E-state index contributed by atoms with van der Waals surface area (Å²) in [5, 5.41) is 17.8. The zero-order valence-corrected chi connectivity index (χ0v) is 10.5. The van der Waals surface area contributed by atoms with E-state index in [0.29, 0.717) is 0 Å². The highest BCUT2D eigenvalue weighted by molar-refractivity contribution is 7.89. The lowest BCUT2D eigenvalue weighted by Gasteiger charge is -2.22. The molecule has 0 aliphatic carbocycles. The molecule has 0 saturated heterocycles. The Morgan fingerprint density at radius 3 is 2.59 bits per heavy atom. The summed E-state index contributed by atoms with van der Waals surface area (Å²) in [6.07, 6.45) is 0. The Balaban J connectivity index is 3.28. The maximum absolute atomic E-state index is 12.2. The van der Waals surface area contributed by atoms with Crippen molar-refractivity contribution < 1.29 is 13.5 Å². The second-order valence-electron chi connectivity index (χ2n) is 3.66. The predicted molar refractivity (Wildman–Crippen MR) is 62.7 cm³/mol. The van der Waals surface area contributed by atoms with Crippen LogP contribution in [0.2, 0.25) is 0 Å². The number of hydrogen-bond acceptors (Lipinski definition) is 4. The van der Waals surface area contributed by atoms with Crippen molar-refractivity contribution in [3.63, 3.8) is 0 Å². The summed E-state index contributed by atoms with van der Waals surface area (Å²) in [5.41, 5.74) is 0.101. The van der Waals surface area contributed by atoms with Crippen LogP contribution in [-0.2, 0) is 10.0 Å². The van der Waals surface area contributed by atoms with Crippen LogP contribution in [0, 0.1) is 11.3 Å². The fourth-order valence-electron chi connectivity index (χ4n) is 1.29. The fourth-order valence-corrected chi connectivity index (χ4v) is 2.78. The van der Waals surface area contributed by atoms with Crippen LogP contribution < -0.4 is 0 Å². The van der Waals surface area contributed by atoms with Crippen LogP contribution in [-0.4, -0.2) is 37.5 Å². The number of nitrogens with zero attached hydrogens (tertiary/aromatic N) is 2. The lowest BCUT2D eigenvalue weighted by atomic mass is 10.2. The third-order valence-corrected chi connectivity index (χ3v) is 4.58. The Morgan fingerprint density at radius 1 is 1.47 bits per heavy atom. The van der Waals surface area contributed by atoms with Crippen LogP contribution in [0.15, 0.2) is 29.2 Å². The average molecular weight is 254 g/mol. The monoisotopic (exact) mass is 254 g/mol. The van der Waals surface area contributed by atoms with Gasteiger partial charge in [-0.3, -0.25) is 0 Å². The Bertz CT molecular complexity index is 534. The van der Waals surface area contributed by atoms with E-state index in [1.54, 1.807) is 19.1 Å². The van der Waals surface area contributed by atoms with Crippen LogP contribution in [0.4, 0.5) is 0 Å². The van der Waals surface area contributed by atoms with E-state index in [1.165, 1.54) is 19.2 Å². The number of aliphatic hydroxyl groups is 1. The van der Waals surface area contributed by atoms with E-state index in [4.69, 9.17) is 10.4 Å². The topological polar surface area (TPSA) is 81.4 Å². The van der Waals surface area contributed by atoms with Crippen LogP contribution in [0.5, 0.6) is 0 Å². The first-order chi connectivity index (χ1) is 7.95. The molecule has 0 aromatic heterocycles. The first-order valence-electron chi connectivity index (χ1n) is 5.03. The van der Waals surface area contributed by atoms with Gasteiger partial charge >= 0.3 is 0 Å². The third-order valence-electron chi connectivity index (χ3n) is 2.55. The number of likely N-dealkylation sites (N-methyl/N-ethyl adjacent to an activating group) is 1. The van der Waals surface area contributed by atoms with Crippen molar-refractivity contribution in [2.45, 2.75) is 17.9 Å². The van der Waals surface area contributed by atoms with Crippen molar-refractivity contribution in [2.24, 2.45) is 0 Å². The molecule has 1 aromatic carbocycles. The number of rotatable bonds is 4. The average Bonchev–Trinajstić information content (AvgIpc) is 2.36. The van der Waals surface area contributed by atoms with Crippen molar-refractivity contribution in [3.05, 3.63) is 29.8 Å². The molecule has 92 valence electrons. The van der Waals surface area contributed by atoms with Gasteiger partial charge in [-0.15, -0.1) is 0 Å². The summed E-state index contributed by atoms with van der Waals surface area (Å²) in [7, 11) is -2.36. The second kappa shape index (κ2) is 5.27. The summed E-state index contributed by atoms with van der Waals surface area (Å²) in [4.78, 5) is -0.0368. The molecular formula is C11H14N2O3S. The van der Waals surface area contributed by atoms with Gasteiger partial charge in [0.15, 0.2) is 0 Å². The van der Waals surface area contributed by atoms with Crippen LogP contribution in [0.3, 0.4) is 0 Å². The predicted octanol–water partition coefficient (Wildman–Crippen LogP) is 0.560. The number of nitriles is 1. The van der Waals surface area contributed by atoms with E-state index >= 15 is 0 Å². The van der Waals surface area contributed by atoms with Crippen molar-refractivity contribution in [1.82, 2.24) is 4.31 Å². The molecule has 0 fully saturated rings. The number of benzene rings is 1. The maximum atomic E-state index is 12.2. The van der Waals surface area contributed by atoms with E-state index in [0.717, 1.165) is 4.31 Å². The van der Waals surface area contributed by atoms with Crippen LogP contribution in [0.1, 0.15) is 12.5 Å². The summed E-state index contributed by atoms with van der Waals surface area (Å²) >= 11 is 0. The molecule has 17 heavy (non-hydrogen) atoms. The van der Waals surface area contributed by atoms with Gasteiger partial charge in [0.25, 0.3) is 0 Å². The highest BCUT2D eigenvalue weighted by atomic mass is 32.2. The third kappa shape index (κ3) is 2.64. The first-order valence-corrected chi connectivity index (χ1v) is 6.47. The van der Waals surface area contributed by atoms with Gasteiger partial charge < -0.3 is 5.11 Å². The van der Waals surface area contributed by atoms with Gasteiger partial charge in [-0.25, -0.2) is 8.42 Å². The van der Waals surface area contributed by atoms with Gasteiger partial charge in [0.1, 0.15) is 6.07 Å². The van der Waals surface area contributed by atoms with Gasteiger partial charge in [-0.05, 0) is 19.1 Å². The fraction of sp³-hybridized carbons (Fsp3) is 0.364. The second-order valence-corrected chi connectivity index (χ2v) is 5.63. The van der Waals surface area contributed by atoms with Gasteiger partial charge in [-0.2, -0.15) is 9.57 Å². The molecule has 5 nitrogen and oxygen atoms in total. The molecule has 0 radical (unpaired) electrons. The molecule has 1 atom stereocenters. The Kier molecular flexibility index (Phi) is 4.23. The number of hydrogen-bond donors (Lipinski definition) is 1. The summed E-state index contributed by atoms with van der Waals surface area (Å²) in [6.45, 7) is 1.32. The zero-order chi connectivity index (χ0) is 13.1. The minimum absolute atomic E-state index is 0.0368. The van der Waals surface area contributed by atoms with Gasteiger partial charge in [-0.1, -0.05) is 12.1 Å². The molecule has 0 amide bonds. The van der Waals surface area contributed by atoms with Gasteiger partial charge in [0.05, 0.1) is 17.1 Å². The maximum Gasteiger partial charge on any atom is 0.244 e. The molecule has 1 aromatic rings. The molecule has 0 aliphatic heterocycles. The molecule has 1 N–H and O–H groups in total. The summed E-state index contributed by atoms with van der Waals surface area (Å²) in [6, 6.07) is 7.31. The molecule has 6 heteroatoms. The zero-order valence-electron chi connectivity index (χ0n) is 9.66. The van der Waals surface area contributed by atoms with Gasteiger partial charge in [0, 0.05) is 13.1 Å². The lowest BCUT2D eigenvalue weighted by Crippen LogP contribution is -2.37. The minimum Gasteiger partial charge on any atom is -0.395 e. The highest BCUT2D eigenvalue weighted by Crippen LogP contribution is 2.19. The van der Waals surface area contributed by atoms with E-state index in [2.05, 4.69) is 0 Å². The molecular weight excluding hydrogens is 240 g/mol. The largest absolute Gasteiger partial charge is 0.395 e. The van der Waals surface area contributed by atoms with E-state index in [-0.39, 0.29) is 17.1 Å². The van der Waals surface area contributed by atoms with Crippen molar-refractivity contribution in [2.75, 3.05) is 13.7 Å². The van der Waals surface area contributed by atoms with E-state index in [9.17, 15) is 8.42 Å². The summed E-state index contributed by atoms with van der Waals surface area (Å²) < 4.78 is 25.4. The molecule has 0 heterocycles. The van der Waals surface area contributed by atoms with E-state index < -0.39 is 16.1 Å². The Hall–Kier alpha value is -1.42. The lowest BCUT2D eigenvalue weighted by molar-refractivity contribution is 0.214. The molecule has 1 unspecified atom stereocenters. The minimum atomic E-state index is -3.74. The molecule has 0 bridgehead atoms. The Labute approximate surface area is 101 Å². The standard InChI is InChI=1S/C11H14N2O3S/c1-9(8-14)13(2)17(15,16)11-6-4-3-5-10(11)7-12/h3-6,9,14H,8H2,1-2H3. The first kappa shape index (κ1) is 13.6. The molecule has 0 spiro atoms. The van der Waals surface area contributed by atoms with Gasteiger partial charge in [0.2, 0.25) is 10.0 Å². The molecule has 0 aliphatic rings. The Morgan fingerprint density at radius 2 is 2.06 bits per heavy atom. The van der Waals surface area contributed by atoms with Crippen molar-refractivity contribution >= 4 is 10.0 Å². The quantitative estimate of drug-likeness (QED) is 0.851. The highest BCUT2D eigenvalue weighted by Gasteiger charge is 2.27. The normalized spacial score (nSPS) is 13.4. The van der Waals surface area contributed by atoms with Crippen molar-refractivity contribution in [1.29, 1.82) is 5.26 Å². The molecule has 1 rings (SSSR count). The molecule has 0 saturated carbocycles. The summed E-state index contributed by atoms with van der Waals surface area (Å²) in [5.74, 6) is 0. The number of aliphatic hydroxyl groups excluding tert-OH is 1. The van der Waals surface area contributed by atoms with Crippen LogP contribution >= 0.6 is 0 Å². The number of sulfonamides is 1.